The lowest BCUT2D eigenvalue weighted by atomic mass is 10.1. The predicted octanol–water partition coefficient (Wildman–Crippen LogP) is 6.40. The summed E-state index contributed by atoms with van der Waals surface area (Å²) >= 11 is 3.08. The van der Waals surface area contributed by atoms with Gasteiger partial charge in [-0.25, -0.2) is 4.98 Å². The van der Waals surface area contributed by atoms with Crippen molar-refractivity contribution in [3.05, 3.63) is 51.6 Å². The lowest BCUT2D eigenvalue weighted by Gasteiger charge is -2.43. The van der Waals surface area contributed by atoms with Gasteiger partial charge in [0.25, 0.3) is 0 Å². The predicted molar refractivity (Wildman–Crippen MR) is 139 cm³/mol. The number of likely N-dealkylation sites (tertiary alicyclic amines) is 1. The monoisotopic (exact) mass is 569 g/mol. The van der Waals surface area contributed by atoms with Gasteiger partial charge in [-0.05, 0) is 97.8 Å². The lowest BCUT2D eigenvalue weighted by molar-refractivity contribution is -0.137. The second-order valence-electron chi connectivity index (χ2n) is 9.88. The molecular weight excluding hydrogens is 535 g/mol. The number of hydrogen-bond acceptors (Lipinski definition) is 5. The second-order valence-corrected chi connectivity index (χ2v) is 10.8. The summed E-state index contributed by atoms with van der Waals surface area (Å²) in [7, 11) is 0. The molecule has 1 aromatic heterocycles. The summed E-state index contributed by atoms with van der Waals surface area (Å²) in [5, 5.41) is 0. The number of alkyl halides is 3. The molecule has 0 radical (unpaired) electrons. The highest BCUT2D eigenvalue weighted by molar-refractivity contribution is 9.10. The number of anilines is 1. The molecule has 2 fully saturated rings. The molecule has 0 amide bonds. The molecule has 2 aliphatic heterocycles. The normalized spacial score (nSPS) is 17.9. The van der Waals surface area contributed by atoms with E-state index in [0.29, 0.717) is 17.6 Å². The van der Waals surface area contributed by atoms with Crippen LogP contribution in [0.3, 0.4) is 0 Å². The zero-order valence-electron chi connectivity index (χ0n) is 21.0. The molecule has 2 aliphatic rings. The van der Waals surface area contributed by atoms with E-state index in [-0.39, 0.29) is 18.0 Å². The van der Waals surface area contributed by atoms with Crippen molar-refractivity contribution in [1.82, 2.24) is 9.88 Å². The summed E-state index contributed by atoms with van der Waals surface area (Å²) in [4.78, 5) is 8.15. The molecule has 0 bridgehead atoms. The van der Waals surface area contributed by atoms with Crippen LogP contribution in [0.4, 0.5) is 19.0 Å². The molecule has 0 N–H and O–H groups in total. The molecule has 5 nitrogen and oxygen atoms in total. The Hall–Kier alpha value is -1.84. The van der Waals surface area contributed by atoms with Crippen LogP contribution in [0.2, 0.25) is 0 Å². The van der Waals surface area contributed by atoms with Crippen molar-refractivity contribution in [3.63, 3.8) is 0 Å². The van der Waals surface area contributed by atoms with E-state index in [1.54, 1.807) is 4.90 Å². The third-order valence-corrected chi connectivity index (χ3v) is 7.51. The molecule has 0 aliphatic carbocycles. The Balaban J connectivity index is 1.08. The van der Waals surface area contributed by atoms with Gasteiger partial charge in [-0.2, -0.15) is 13.2 Å². The molecule has 0 atom stereocenters. The highest BCUT2D eigenvalue weighted by atomic mass is 79.9. The fourth-order valence-electron chi connectivity index (χ4n) is 4.74. The van der Waals surface area contributed by atoms with Gasteiger partial charge in [-0.15, -0.1) is 0 Å². The summed E-state index contributed by atoms with van der Waals surface area (Å²) in [5.41, 5.74) is 1.83. The number of nitrogens with zero attached hydrogens (tertiary/aromatic N) is 3. The molecule has 2 aromatic rings. The minimum absolute atomic E-state index is 0.0141. The van der Waals surface area contributed by atoms with Crippen LogP contribution in [-0.4, -0.2) is 61.4 Å². The first-order chi connectivity index (χ1) is 17.2. The zero-order chi connectivity index (χ0) is 25.7. The molecule has 2 saturated heterocycles. The molecule has 0 spiro atoms. The van der Waals surface area contributed by atoms with E-state index in [9.17, 15) is 13.2 Å². The van der Waals surface area contributed by atoms with E-state index < -0.39 is 11.7 Å². The quantitative estimate of drug-likeness (QED) is 0.309. The van der Waals surface area contributed by atoms with Gasteiger partial charge in [0.2, 0.25) is 0 Å². The number of halogens is 4. The number of hydrogen-bond donors (Lipinski definition) is 0. The van der Waals surface area contributed by atoms with Crippen molar-refractivity contribution in [3.8, 4) is 5.75 Å². The van der Waals surface area contributed by atoms with Gasteiger partial charge in [0.05, 0.1) is 24.4 Å². The van der Waals surface area contributed by atoms with E-state index in [4.69, 9.17) is 9.47 Å². The van der Waals surface area contributed by atoms with Crippen molar-refractivity contribution in [2.24, 2.45) is 0 Å². The molecule has 1 aromatic carbocycles. The summed E-state index contributed by atoms with van der Waals surface area (Å²) in [6.07, 6.45) is 2.40. The van der Waals surface area contributed by atoms with Gasteiger partial charge in [0.15, 0.2) is 0 Å². The van der Waals surface area contributed by atoms with Gasteiger partial charge in [-0.3, -0.25) is 0 Å². The van der Waals surface area contributed by atoms with Crippen molar-refractivity contribution in [1.29, 1.82) is 0 Å². The number of piperidine rings is 1. The van der Waals surface area contributed by atoms with Gasteiger partial charge < -0.3 is 19.3 Å². The Kier molecular flexibility index (Phi) is 9.17. The van der Waals surface area contributed by atoms with Crippen molar-refractivity contribution < 1.29 is 22.6 Å². The molecule has 0 unspecified atom stereocenters. The number of benzene rings is 1. The third-order valence-electron chi connectivity index (χ3n) is 7.07. The Bertz CT molecular complexity index is 1010. The van der Waals surface area contributed by atoms with E-state index in [0.717, 1.165) is 70.2 Å². The Morgan fingerprint density at radius 1 is 1.00 bits per heavy atom. The summed E-state index contributed by atoms with van der Waals surface area (Å²) < 4.78 is 52.5. The first kappa shape index (κ1) is 27.2. The molecule has 0 saturated carbocycles. The van der Waals surface area contributed by atoms with E-state index in [1.807, 2.05) is 6.07 Å². The molecule has 198 valence electrons. The maximum atomic E-state index is 13.4. The van der Waals surface area contributed by atoms with Crippen LogP contribution in [0.25, 0.3) is 0 Å². The average Bonchev–Trinajstić information content (AvgIpc) is 2.81. The summed E-state index contributed by atoms with van der Waals surface area (Å²) in [5.74, 6) is 0.934. The SMILES string of the molecule is Cc1ccc(OCCCCCN2CCC(OC3CN(c4ncc(Br)cc4C(F)(F)F)C3)CC2)cc1C. The van der Waals surface area contributed by atoms with Gasteiger partial charge >= 0.3 is 6.18 Å². The minimum Gasteiger partial charge on any atom is -0.494 e. The van der Waals surface area contributed by atoms with E-state index in [2.05, 4.69) is 51.8 Å². The van der Waals surface area contributed by atoms with Gasteiger partial charge in [0, 0.05) is 36.8 Å². The minimum atomic E-state index is -4.43. The van der Waals surface area contributed by atoms with Crippen LogP contribution in [0.1, 0.15) is 48.8 Å². The topological polar surface area (TPSA) is 37.8 Å². The average molecular weight is 570 g/mol. The number of pyridine rings is 1. The largest absolute Gasteiger partial charge is 0.494 e. The molecule has 9 heteroatoms. The maximum absolute atomic E-state index is 13.4. The number of ether oxygens (including phenoxy) is 2. The van der Waals surface area contributed by atoms with Crippen molar-refractivity contribution in [2.75, 3.05) is 44.2 Å². The van der Waals surface area contributed by atoms with E-state index in [1.165, 1.54) is 17.3 Å². The fraction of sp³-hybridized carbons (Fsp3) is 0.593. The summed E-state index contributed by atoms with van der Waals surface area (Å²) in [6.45, 7) is 8.95. The highest BCUT2D eigenvalue weighted by Crippen LogP contribution is 2.38. The molecular formula is C27H35BrF3N3O2. The standard InChI is InChI=1S/C27H35BrF3N3O2/c1-19-6-7-23(14-20(19)2)35-13-5-3-4-10-33-11-8-22(9-12-33)36-24-17-34(18-24)26-25(27(29,30)31)15-21(28)16-32-26/h6-7,14-16,22,24H,3-5,8-13,17-18H2,1-2H3. The highest BCUT2D eigenvalue weighted by Gasteiger charge is 2.40. The van der Waals surface area contributed by atoms with Crippen LogP contribution >= 0.6 is 15.9 Å². The first-order valence-corrected chi connectivity index (χ1v) is 13.5. The number of rotatable bonds is 10. The third kappa shape index (κ3) is 7.35. The molecule has 3 heterocycles. The smallest absolute Gasteiger partial charge is 0.419 e. The lowest BCUT2D eigenvalue weighted by Crippen LogP contribution is -2.55. The van der Waals surface area contributed by atoms with Crippen molar-refractivity contribution >= 4 is 21.7 Å². The fourth-order valence-corrected chi connectivity index (χ4v) is 5.07. The van der Waals surface area contributed by atoms with Crippen molar-refractivity contribution in [2.45, 2.75) is 64.3 Å². The van der Waals surface area contributed by atoms with Crippen LogP contribution < -0.4 is 9.64 Å². The zero-order valence-corrected chi connectivity index (χ0v) is 22.6. The maximum Gasteiger partial charge on any atom is 0.419 e. The first-order valence-electron chi connectivity index (χ1n) is 12.7. The van der Waals surface area contributed by atoms with Gasteiger partial charge in [-0.1, -0.05) is 6.07 Å². The van der Waals surface area contributed by atoms with Crippen LogP contribution in [-0.2, 0) is 10.9 Å². The molecule has 4 rings (SSSR count). The number of aryl methyl sites for hydroxylation is 2. The Labute approximate surface area is 220 Å². The number of aromatic nitrogens is 1. The van der Waals surface area contributed by atoms with Crippen LogP contribution in [0.15, 0.2) is 34.9 Å². The Morgan fingerprint density at radius 2 is 1.75 bits per heavy atom. The van der Waals surface area contributed by atoms with E-state index >= 15 is 0 Å². The Morgan fingerprint density at radius 3 is 2.44 bits per heavy atom. The summed E-state index contributed by atoms with van der Waals surface area (Å²) in [6, 6.07) is 7.32. The number of unbranched alkanes of at least 4 members (excludes halogenated alkanes) is 2. The van der Waals surface area contributed by atoms with Crippen LogP contribution in [0, 0.1) is 13.8 Å². The van der Waals surface area contributed by atoms with Gasteiger partial charge in [0.1, 0.15) is 11.6 Å². The van der Waals surface area contributed by atoms with Crippen LogP contribution in [0.5, 0.6) is 5.75 Å². The molecule has 36 heavy (non-hydrogen) atoms. The second kappa shape index (κ2) is 12.1.